The maximum atomic E-state index is 5.61. The molecule has 0 fully saturated rings. The average Bonchev–Trinajstić information content (AvgIpc) is 3.15. The highest BCUT2D eigenvalue weighted by molar-refractivity contribution is 7.17. The van der Waals surface area contributed by atoms with Gasteiger partial charge in [0.25, 0.3) is 0 Å². The molecular formula is C21H27N7OS. The molecule has 0 saturated heterocycles. The minimum Gasteiger partial charge on any atom is -0.354 e. The summed E-state index contributed by atoms with van der Waals surface area (Å²) in [6.07, 6.45) is 5.45. The first kappa shape index (κ1) is 21.8. The van der Waals surface area contributed by atoms with Gasteiger partial charge in [0.1, 0.15) is 10.8 Å². The number of nitrogens with zero attached hydrogens (tertiary/aromatic N) is 6. The van der Waals surface area contributed by atoms with E-state index in [2.05, 4.69) is 49.2 Å². The Labute approximate surface area is 180 Å². The summed E-state index contributed by atoms with van der Waals surface area (Å²) in [5, 5.41) is 8.31. The second-order valence-electron chi connectivity index (χ2n) is 6.79. The fourth-order valence-electron chi connectivity index (χ4n) is 2.98. The van der Waals surface area contributed by atoms with E-state index >= 15 is 0 Å². The van der Waals surface area contributed by atoms with Gasteiger partial charge < -0.3 is 10.2 Å². The molecule has 0 amide bonds. The Hall–Kier alpha value is -2.94. The number of hydrogen-bond acceptors (Lipinski definition) is 9. The fourth-order valence-corrected chi connectivity index (χ4v) is 3.97. The molecule has 0 aliphatic rings. The lowest BCUT2D eigenvalue weighted by Crippen LogP contribution is -2.11. The van der Waals surface area contributed by atoms with Crippen molar-refractivity contribution in [2.24, 2.45) is 5.16 Å². The third kappa shape index (κ3) is 5.15. The van der Waals surface area contributed by atoms with E-state index in [1.807, 2.05) is 32.9 Å². The Balaban J connectivity index is 1.85. The number of thiazole rings is 1. The minimum absolute atomic E-state index is 0.192. The Kier molecular flexibility index (Phi) is 7.40. The first-order valence-electron chi connectivity index (χ1n) is 10.1. The average molecular weight is 426 g/mol. The second-order valence-corrected chi connectivity index (χ2v) is 7.79. The SMILES string of the molecule is CCNc1nc(ON=C(C)c2sc(-c3cccnc3)nc2C)nc(C(CC)CC)n1. The van der Waals surface area contributed by atoms with E-state index < -0.39 is 0 Å². The molecule has 0 aliphatic carbocycles. The van der Waals surface area contributed by atoms with Crippen molar-refractivity contribution in [1.82, 2.24) is 24.9 Å². The summed E-state index contributed by atoms with van der Waals surface area (Å²) in [6.45, 7) is 10.8. The lowest BCUT2D eigenvalue weighted by molar-refractivity contribution is 0.309. The van der Waals surface area contributed by atoms with Crippen LogP contribution in [0.1, 0.15) is 62.8 Å². The van der Waals surface area contributed by atoms with Gasteiger partial charge in [-0.3, -0.25) is 4.98 Å². The van der Waals surface area contributed by atoms with Crippen molar-refractivity contribution in [2.45, 2.75) is 53.4 Å². The summed E-state index contributed by atoms with van der Waals surface area (Å²) in [7, 11) is 0. The predicted octanol–water partition coefficient (Wildman–Crippen LogP) is 4.84. The number of anilines is 1. The summed E-state index contributed by atoms with van der Waals surface area (Å²) < 4.78 is 0. The molecule has 0 bridgehead atoms. The monoisotopic (exact) mass is 425 g/mol. The summed E-state index contributed by atoms with van der Waals surface area (Å²) >= 11 is 1.56. The molecule has 3 rings (SSSR count). The first-order valence-corrected chi connectivity index (χ1v) is 11.0. The zero-order valence-electron chi connectivity index (χ0n) is 18.0. The summed E-state index contributed by atoms with van der Waals surface area (Å²) in [6, 6.07) is 4.08. The molecule has 0 spiro atoms. The van der Waals surface area contributed by atoms with E-state index in [9.17, 15) is 0 Å². The zero-order chi connectivity index (χ0) is 21.5. The Morgan fingerprint density at radius 2 is 1.97 bits per heavy atom. The molecule has 8 nitrogen and oxygen atoms in total. The van der Waals surface area contributed by atoms with E-state index in [4.69, 9.17) is 4.84 Å². The molecule has 0 aromatic carbocycles. The van der Waals surface area contributed by atoms with Gasteiger partial charge in [-0.1, -0.05) is 19.0 Å². The normalized spacial score (nSPS) is 11.7. The van der Waals surface area contributed by atoms with Gasteiger partial charge in [0.05, 0.1) is 16.3 Å². The van der Waals surface area contributed by atoms with Gasteiger partial charge in [0.2, 0.25) is 5.95 Å². The standard InChI is InChI=1S/C21H27N7OS/c1-6-15(7-2)18-25-20(23-8-3)27-21(26-18)29-28-14(5)17-13(4)24-19(30-17)16-10-9-11-22-12-16/h9-12,15H,6-8H2,1-5H3,(H,23,25,26,27). The van der Waals surface area contributed by atoms with Crippen LogP contribution in [-0.2, 0) is 0 Å². The largest absolute Gasteiger partial charge is 0.354 e. The molecule has 0 radical (unpaired) electrons. The second kappa shape index (κ2) is 10.2. The van der Waals surface area contributed by atoms with Gasteiger partial charge in [-0.25, -0.2) is 4.98 Å². The van der Waals surface area contributed by atoms with Crippen molar-refractivity contribution in [1.29, 1.82) is 0 Å². The molecule has 0 saturated carbocycles. The Morgan fingerprint density at radius 3 is 2.63 bits per heavy atom. The highest BCUT2D eigenvalue weighted by Gasteiger charge is 2.16. The molecule has 3 aromatic rings. The van der Waals surface area contributed by atoms with Gasteiger partial charge in [-0.05, 0) is 45.7 Å². The van der Waals surface area contributed by atoms with Crippen LogP contribution in [0.25, 0.3) is 10.6 Å². The molecule has 9 heteroatoms. The third-order valence-corrected chi connectivity index (χ3v) is 5.93. The van der Waals surface area contributed by atoms with Crippen LogP contribution in [0, 0.1) is 6.92 Å². The lowest BCUT2D eigenvalue weighted by atomic mass is 10.0. The molecule has 30 heavy (non-hydrogen) atoms. The number of pyridine rings is 1. The topological polar surface area (TPSA) is 98.1 Å². The van der Waals surface area contributed by atoms with Crippen molar-refractivity contribution in [3.8, 4) is 16.6 Å². The van der Waals surface area contributed by atoms with E-state index in [1.54, 1.807) is 23.7 Å². The molecular weight excluding hydrogens is 398 g/mol. The molecule has 0 aliphatic heterocycles. The zero-order valence-corrected chi connectivity index (χ0v) is 18.8. The number of aryl methyl sites for hydroxylation is 1. The summed E-state index contributed by atoms with van der Waals surface area (Å²) in [5.74, 6) is 1.48. The van der Waals surface area contributed by atoms with E-state index in [-0.39, 0.29) is 11.9 Å². The van der Waals surface area contributed by atoms with E-state index in [0.717, 1.165) is 45.5 Å². The van der Waals surface area contributed by atoms with Gasteiger partial charge in [0, 0.05) is 30.4 Å². The van der Waals surface area contributed by atoms with Gasteiger partial charge in [0.15, 0.2) is 0 Å². The molecule has 3 aromatic heterocycles. The maximum Gasteiger partial charge on any atom is 0.350 e. The number of aromatic nitrogens is 5. The van der Waals surface area contributed by atoms with E-state index in [0.29, 0.717) is 12.5 Å². The summed E-state index contributed by atoms with van der Waals surface area (Å²) in [5.41, 5.74) is 2.59. The van der Waals surface area contributed by atoms with Crippen LogP contribution in [-0.4, -0.2) is 37.2 Å². The van der Waals surface area contributed by atoms with Crippen molar-refractivity contribution in [2.75, 3.05) is 11.9 Å². The van der Waals surface area contributed by atoms with Crippen molar-refractivity contribution < 1.29 is 4.84 Å². The van der Waals surface area contributed by atoms with Crippen LogP contribution in [0.5, 0.6) is 6.01 Å². The number of oxime groups is 1. The van der Waals surface area contributed by atoms with E-state index in [1.165, 1.54) is 0 Å². The van der Waals surface area contributed by atoms with Gasteiger partial charge in [-0.15, -0.1) is 11.3 Å². The Morgan fingerprint density at radius 1 is 1.17 bits per heavy atom. The Bertz CT molecular complexity index is 1000. The molecule has 0 unspecified atom stereocenters. The van der Waals surface area contributed by atoms with Crippen LogP contribution in [0.3, 0.4) is 0 Å². The fraction of sp³-hybridized carbons (Fsp3) is 0.429. The van der Waals surface area contributed by atoms with Gasteiger partial charge >= 0.3 is 6.01 Å². The smallest absolute Gasteiger partial charge is 0.350 e. The van der Waals surface area contributed by atoms with Gasteiger partial charge in [-0.2, -0.15) is 15.0 Å². The summed E-state index contributed by atoms with van der Waals surface area (Å²) in [4.78, 5) is 28.7. The quantitative estimate of drug-likeness (QED) is 0.387. The number of nitrogens with one attached hydrogen (secondary N) is 1. The number of hydrogen-bond donors (Lipinski definition) is 1. The predicted molar refractivity (Wildman–Crippen MR) is 120 cm³/mol. The van der Waals surface area contributed by atoms with Crippen LogP contribution in [0.15, 0.2) is 29.7 Å². The molecule has 0 atom stereocenters. The van der Waals surface area contributed by atoms with Crippen LogP contribution < -0.4 is 10.2 Å². The molecule has 1 N–H and O–H groups in total. The van der Waals surface area contributed by atoms with Crippen LogP contribution in [0.2, 0.25) is 0 Å². The van der Waals surface area contributed by atoms with Crippen molar-refractivity contribution >= 4 is 23.0 Å². The maximum absolute atomic E-state index is 5.61. The van der Waals surface area contributed by atoms with Crippen molar-refractivity contribution in [3.63, 3.8) is 0 Å². The lowest BCUT2D eigenvalue weighted by Gasteiger charge is -2.12. The van der Waals surface area contributed by atoms with Crippen LogP contribution in [0.4, 0.5) is 5.95 Å². The van der Waals surface area contributed by atoms with Crippen LogP contribution >= 0.6 is 11.3 Å². The third-order valence-electron chi connectivity index (χ3n) is 4.62. The highest BCUT2D eigenvalue weighted by atomic mass is 32.1. The van der Waals surface area contributed by atoms with Crippen molar-refractivity contribution in [3.05, 3.63) is 40.9 Å². The first-order chi connectivity index (χ1) is 14.5. The highest BCUT2D eigenvalue weighted by Crippen LogP contribution is 2.28. The minimum atomic E-state index is 0.192. The number of rotatable bonds is 9. The molecule has 3 heterocycles. The molecule has 158 valence electrons.